The molecule has 0 atom stereocenters. The van der Waals surface area contributed by atoms with Gasteiger partial charge in [-0.1, -0.05) is 52.0 Å². The third-order valence-corrected chi connectivity index (χ3v) is 5.31. The molecule has 0 spiro atoms. The van der Waals surface area contributed by atoms with Crippen LogP contribution in [0.4, 0.5) is 0 Å². The van der Waals surface area contributed by atoms with Crippen molar-refractivity contribution >= 4 is 16.8 Å². The molecule has 0 bridgehead atoms. The van der Waals surface area contributed by atoms with Crippen LogP contribution in [0.5, 0.6) is 11.5 Å². The SMILES string of the molecule is COc1c(OC)c(C(C)C)c2nc3c(nc2c1C(C)C)C(=O)c1ccccc1-3. The fourth-order valence-corrected chi connectivity index (χ4v) is 4.11. The second kappa shape index (κ2) is 6.59. The molecule has 1 aromatic heterocycles. The van der Waals surface area contributed by atoms with Crippen LogP contribution >= 0.6 is 0 Å². The fraction of sp³-hybridized carbons (Fsp3) is 0.348. The first-order valence-electron chi connectivity index (χ1n) is 9.54. The summed E-state index contributed by atoms with van der Waals surface area (Å²) in [6.45, 7) is 8.36. The topological polar surface area (TPSA) is 61.3 Å². The van der Waals surface area contributed by atoms with E-state index in [9.17, 15) is 4.79 Å². The van der Waals surface area contributed by atoms with Crippen LogP contribution in [0.2, 0.25) is 0 Å². The zero-order chi connectivity index (χ0) is 20.2. The van der Waals surface area contributed by atoms with Crippen molar-refractivity contribution in [2.45, 2.75) is 39.5 Å². The van der Waals surface area contributed by atoms with Crippen LogP contribution < -0.4 is 9.47 Å². The van der Waals surface area contributed by atoms with Crippen molar-refractivity contribution in [3.8, 4) is 22.8 Å². The van der Waals surface area contributed by atoms with Gasteiger partial charge >= 0.3 is 0 Å². The molecule has 1 heterocycles. The van der Waals surface area contributed by atoms with Gasteiger partial charge in [0.1, 0.15) is 11.4 Å². The maximum atomic E-state index is 13.0. The van der Waals surface area contributed by atoms with Gasteiger partial charge in [0.15, 0.2) is 11.5 Å². The third kappa shape index (κ3) is 2.42. The van der Waals surface area contributed by atoms with Crippen molar-refractivity contribution in [3.05, 3.63) is 46.6 Å². The summed E-state index contributed by atoms with van der Waals surface area (Å²) >= 11 is 0. The van der Waals surface area contributed by atoms with E-state index in [4.69, 9.17) is 19.4 Å². The van der Waals surface area contributed by atoms with E-state index in [0.29, 0.717) is 28.5 Å². The minimum absolute atomic E-state index is 0.0735. The maximum Gasteiger partial charge on any atom is 0.214 e. The molecule has 28 heavy (non-hydrogen) atoms. The zero-order valence-electron chi connectivity index (χ0n) is 17.1. The molecule has 0 aliphatic heterocycles. The fourth-order valence-electron chi connectivity index (χ4n) is 4.11. The normalized spacial score (nSPS) is 12.6. The monoisotopic (exact) mass is 376 g/mol. The molecule has 5 heteroatoms. The zero-order valence-corrected chi connectivity index (χ0v) is 17.1. The van der Waals surface area contributed by atoms with Gasteiger partial charge in [-0.3, -0.25) is 4.79 Å². The van der Waals surface area contributed by atoms with E-state index < -0.39 is 0 Å². The molecular formula is C23H24N2O3. The summed E-state index contributed by atoms with van der Waals surface area (Å²) in [5.74, 6) is 1.56. The van der Waals surface area contributed by atoms with E-state index in [-0.39, 0.29) is 17.6 Å². The predicted octanol–water partition coefficient (Wildman–Crippen LogP) is 5.11. The Morgan fingerprint density at radius 2 is 1.21 bits per heavy atom. The summed E-state index contributed by atoms with van der Waals surface area (Å²) in [7, 11) is 3.29. The summed E-state index contributed by atoms with van der Waals surface area (Å²) < 4.78 is 11.5. The van der Waals surface area contributed by atoms with Crippen molar-refractivity contribution in [3.63, 3.8) is 0 Å². The Hall–Kier alpha value is -2.95. The van der Waals surface area contributed by atoms with E-state index in [0.717, 1.165) is 27.7 Å². The molecule has 0 saturated heterocycles. The smallest absolute Gasteiger partial charge is 0.214 e. The Bertz CT molecular complexity index is 1120. The van der Waals surface area contributed by atoms with Crippen LogP contribution in [0, 0.1) is 0 Å². The van der Waals surface area contributed by atoms with Crippen molar-refractivity contribution in [2.24, 2.45) is 0 Å². The number of methoxy groups -OCH3 is 2. The summed E-state index contributed by atoms with van der Waals surface area (Å²) in [6.07, 6.45) is 0. The number of fused-ring (bicyclic) bond motifs is 4. The highest BCUT2D eigenvalue weighted by atomic mass is 16.5. The third-order valence-electron chi connectivity index (χ3n) is 5.31. The average Bonchev–Trinajstić information content (AvgIpc) is 2.96. The number of carbonyl (C=O) groups excluding carboxylic acids is 1. The quantitative estimate of drug-likeness (QED) is 0.495. The highest BCUT2D eigenvalue weighted by Gasteiger charge is 2.33. The van der Waals surface area contributed by atoms with Crippen LogP contribution in [0.3, 0.4) is 0 Å². The Morgan fingerprint density at radius 1 is 0.750 bits per heavy atom. The van der Waals surface area contributed by atoms with Gasteiger partial charge in [-0.2, -0.15) is 0 Å². The van der Waals surface area contributed by atoms with Gasteiger partial charge in [-0.05, 0) is 11.8 Å². The van der Waals surface area contributed by atoms with Gasteiger partial charge in [0.2, 0.25) is 5.78 Å². The Morgan fingerprint density at radius 3 is 1.68 bits per heavy atom. The number of aromatic nitrogens is 2. The lowest BCUT2D eigenvalue weighted by molar-refractivity contribution is 0.103. The van der Waals surface area contributed by atoms with E-state index in [1.165, 1.54) is 0 Å². The van der Waals surface area contributed by atoms with E-state index in [2.05, 4.69) is 27.7 Å². The van der Waals surface area contributed by atoms with Gasteiger partial charge in [-0.15, -0.1) is 0 Å². The summed E-state index contributed by atoms with van der Waals surface area (Å²) in [5, 5.41) is 0. The lowest BCUT2D eigenvalue weighted by atomic mass is 9.91. The number of ether oxygens (including phenoxy) is 2. The van der Waals surface area contributed by atoms with Crippen molar-refractivity contribution < 1.29 is 14.3 Å². The van der Waals surface area contributed by atoms with Gasteiger partial charge in [0.05, 0.1) is 25.3 Å². The van der Waals surface area contributed by atoms with Crippen LogP contribution in [-0.4, -0.2) is 30.0 Å². The van der Waals surface area contributed by atoms with Crippen LogP contribution in [0.15, 0.2) is 24.3 Å². The maximum absolute atomic E-state index is 13.0. The molecule has 1 aliphatic rings. The molecule has 0 saturated carbocycles. The predicted molar refractivity (Wildman–Crippen MR) is 110 cm³/mol. The highest BCUT2D eigenvalue weighted by molar-refractivity contribution is 6.20. The largest absolute Gasteiger partial charge is 0.492 e. The Labute approximate surface area is 164 Å². The summed E-state index contributed by atoms with van der Waals surface area (Å²) in [5.41, 5.74) is 5.92. The van der Waals surface area contributed by atoms with Crippen molar-refractivity contribution in [1.82, 2.24) is 9.97 Å². The molecule has 0 amide bonds. The Kier molecular flexibility index (Phi) is 4.33. The van der Waals surface area contributed by atoms with Gasteiger partial charge in [0, 0.05) is 22.3 Å². The first kappa shape index (κ1) is 18.4. The molecule has 0 N–H and O–H groups in total. The summed E-state index contributed by atoms with van der Waals surface area (Å²) in [4.78, 5) is 22.8. The van der Waals surface area contributed by atoms with Crippen LogP contribution in [0.25, 0.3) is 22.3 Å². The highest BCUT2D eigenvalue weighted by Crippen LogP contribution is 2.47. The number of nitrogens with zero attached hydrogens (tertiary/aromatic N) is 2. The van der Waals surface area contributed by atoms with Crippen LogP contribution in [0.1, 0.15) is 66.7 Å². The van der Waals surface area contributed by atoms with Crippen molar-refractivity contribution in [2.75, 3.05) is 14.2 Å². The standard InChI is InChI=1S/C23H24N2O3/c1-11(2)15-18-19(16(12(3)4)23(28-6)22(15)27-5)25-20-17(24-18)13-9-7-8-10-14(13)21(20)26/h7-12H,1-6H3. The molecule has 0 fully saturated rings. The molecule has 0 radical (unpaired) electrons. The van der Waals surface area contributed by atoms with Crippen LogP contribution in [-0.2, 0) is 0 Å². The average molecular weight is 376 g/mol. The molecule has 0 unspecified atom stereocenters. The summed E-state index contributed by atoms with van der Waals surface area (Å²) in [6, 6.07) is 7.55. The molecule has 2 aromatic carbocycles. The number of carbonyl (C=O) groups is 1. The second-order valence-corrected chi connectivity index (χ2v) is 7.70. The van der Waals surface area contributed by atoms with E-state index >= 15 is 0 Å². The lowest BCUT2D eigenvalue weighted by Crippen LogP contribution is -2.09. The van der Waals surface area contributed by atoms with Crippen molar-refractivity contribution in [1.29, 1.82) is 0 Å². The number of rotatable bonds is 4. The van der Waals surface area contributed by atoms with Gasteiger partial charge < -0.3 is 9.47 Å². The Balaban J connectivity index is 2.20. The minimum Gasteiger partial charge on any atom is -0.492 e. The molecule has 4 rings (SSSR count). The van der Waals surface area contributed by atoms with Gasteiger partial charge in [0.25, 0.3) is 0 Å². The molecule has 1 aliphatic carbocycles. The minimum atomic E-state index is -0.0735. The molecule has 144 valence electrons. The van der Waals surface area contributed by atoms with Gasteiger partial charge in [-0.25, -0.2) is 9.97 Å². The molecule has 5 nitrogen and oxygen atoms in total. The van der Waals surface area contributed by atoms with E-state index in [1.807, 2.05) is 24.3 Å². The van der Waals surface area contributed by atoms with E-state index in [1.54, 1.807) is 14.2 Å². The molecule has 3 aromatic rings. The number of benzene rings is 2. The number of hydrogen-bond acceptors (Lipinski definition) is 5. The number of ketones is 1. The molecular weight excluding hydrogens is 352 g/mol. The number of hydrogen-bond donors (Lipinski definition) is 0. The second-order valence-electron chi connectivity index (χ2n) is 7.70. The lowest BCUT2D eigenvalue weighted by Gasteiger charge is -2.23. The first-order chi connectivity index (χ1) is 13.4. The first-order valence-corrected chi connectivity index (χ1v) is 9.54.